The van der Waals surface area contributed by atoms with Crippen LogP contribution in [0.4, 0.5) is 0 Å². The van der Waals surface area contributed by atoms with E-state index in [0.717, 1.165) is 17.7 Å². The minimum atomic E-state index is 0.295. The molecule has 0 heterocycles. The molecule has 0 radical (unpaired) electrons. The van der Waals surface area contributed by atoms with Gasteiger partial charge in [-0.05, 0) is 59.9 Å². The third kappa shape index (κ3) is 3.02. The van der Waals surface area contributed by atoms with Crippen molar-refractivity contribution in [1.82, 2.24) is 0 Å². The zero-order valence-corrected chi connectivity index (χ0v) is 12.2. The molecule has 0 unspecified atom stereocenters. The van der Waals surface area contributed by atoms with Gasteiger partial charge in [0.25, 0.3) is 0 Å². The van der Waals surface area contributed by atoms with Gasteiger partial charge in [-0.15, -0.1) is 0 Å². The van der Waals surface area contributed by atoms with E-state index in [1.54, 1.807) is 19.2 Å². The fourth-order valence-corrected chi connectivity index (χ4v) is 2.36. The average Bonchev–Trinajstić information content (AvgIpc) is 2.49. The second-order valence-corrected chi connectivity index (χ2v) is 4.73. The summed E-state index contributed by atoms with van der Waals surface area (Å²) in [6, 6.07) is 15.5. The van der Waals surface area contributed by atoms with Gasteiger partial charge in [0.05, 0.1) is 7.11 Å². The van der Waals surface area contributed by atoms with Gasteiger partial charge in [-0.3, -0.25) is 0 Å². The molecule has 0 bridgehead atoms. The van der Waals surface area contributed by atoms with Crippen LogP contribution in [0.1, 0.15) is 31.4 Å². The summed E-state index contributed by atoms with van der Waals surface area (Å²) in [6.07, 6.45) is 0.957. The van der Waals surface area contributed by atoms with E-state index in [2.05, 4.69) is 26.0 Å². The van der Waals surface area contributed by atoms with E-state index in [1.807, 2.05) is 24.3 Å². The molecule has 0 aliphatic rings. The number of rotatable bonds is 4. The summed E-state index contributed by atoms with van der Waals surface area (Å²) < 4.78 is 5.20. The fourth-order valence-electron chi connectivity index (χ4n) is 2.36. The van der Waals surface area contributed by atoms with Crippen LogP contribution >= 0.6 is 0 Å². The number of hydrogen-bond donors (Lipinski definition) is 1. The van der Waals surface area contributed by atoms with Crippen molar-refractivity contribution in [2.24, 2.45) is 0 Å². The maximum absolute atomic E-state index is 9.38. The Balaban J connectivity index is 2.42. The Morgan fingerprint density at radius 2 is 1.50 bits per heavy atom. The molecule has 2 rings (SSSR count). The van der Waals surface area contributed by atoms with Crippen molar-refractivity contribution in [3.05, 3.63) is 59.7 Å². The first-order valence-corrected chi connectivity index (χ1v) is 6.79. The Kier molecular flexibility index (Phi) is 4.46. The van der Waals surface area contributed by atoms with E-state index >= 15 is 0 Å². The Labute approximate surface area is 120 Å². The predicted molar refractivity (Wildman–Crippen MR) is 83.9 cm³/mol. The molecule has 104 valence electrons. The first kappa shape index (κ1) is 14.2. The monoisotopic (exact) mass is 268 g/mol. The van der Waals surface area contributed by atoms with Crippen LogP contribution < -0.4 is 4.74 Å². The van der Waals surface area contributed by atoms with Crippen LogP contribution in [0.2, 0.25) is 0 Å². The van der Waals surface area contributed by atoms with E-state index in [0.29, 0.717) is 5.75 Å². The van der Waals surface area contributed by atoms with Gasteiger partial charge in [0.1, 0.15) is 11.5 Å². The van der Waals surface area contributed by atoms with Gasteiger partial charge in [-0.1, -0.05) is 31.2 Å². The van der Waals surface area contributed by atoms with Crippen LogP contribution in [0.3, 0.4) is 0 Å². The van der Waals surface area contributed by atoms with Crippen molar-refractivity contribution in [3.8, 4) is 11.5 Å². The Morgan fingerprint density at radius 1 is 0.950 bits per heavy atom. The molecule has 0 aromatic heterocycles. The molecule has 1 N–H and O–H groups in total. The fraction of sp³-hybridized carbons (Fsp3) is 0.222. The highest BCUT2D eigenvalue weighted by Gasteiger charge is 2.06. The molecule has 0 atom stereocenters. The maximum atomic E-state index is 9.38. The van der Waals surface area contributed by atoms with Gasteiger partial charge < -0.3 is 9.84 Å². The van der Waals surface area contributed by atoms with Crippen LogP contribution in [0.25, 0.3) is 11.1 Å². The Morgan fingerprint density at radius 3 is 2.00 bits per heavy atom. The first-order valence-electron chi connectivity index (χ1n) is 6.79. The van der Waals surface area contributed by atoms with Crippen LogP contribution in [-0.4, -0.2) is 12.2 Å². The number of phenols is 1. The summed E-state index contributed by atoms with van der Waals surface area (Å²) in [5.41, 5.74) is 4.88. The van der Waals surface area contributed by atoms with E-state index in [4.69, 9.17) is 4.74 Å². The number of benzene rings is 2. The van der Waals surface area contributed by atoms with Crippen LogP contribution in [0.5, 0.6) is 11.5 Å². The summed E-state index contributed by atoms with van der Waals surface area (Å²) in [4.78, 5) is 0. The summed E-state index contributed by atoms with van der Waals surface area (Å²) in [6.45, 7) is 4.28. The highest BCUT2D eigenvalue weighted by atomic mass is 16.5. The lowest BCUT2D eigenvalue weighted by molar-refractivity contribution is 0.415. The molecule has 2 aromatic carbocycles. The zero-order valence-electron chi connectivity index (χ0n) is 12.2. The molecular weight excluding hydrogens is 248 g/mol. The number of allylic oxidation sites excluding steroid dienone is 2. The number of methoxy groups -OCH3 is 1. The van der Waals surface area contributed by atoms with Gasteiger partial charge in [-0.2, -0.15) is 0 Å². The van der Waals surface area contributed by atoms with Crippen molar-refractivity contribution in [2.45, 2.75) is 20.3 Å². The molecule has 0 fully saturated rings. The smallest absolute Gasteiger partial charge is 0.118 e. The normalized spacial score (nSPS) is 11.9. The third-order valence-electron chi connectivity index (χ3n) is 3.55. The van der Waals surface area contributed by atoms with Gasteiger partial charge in [0.2, 0.25) is 0 Å². The first-order chi connectivity index (χ1) is 9.65. The van der Waals surface area contributed by atoms with Crippen LogP contribution in [0.15, 0.2) is 48.5 Å². The lowest BCUT2D eigenvalue weighted by Gasteiger charge is -2.12. The van der Waals surface area contributed by atoms with Crippen molar-refractivity contribution < 1.29 is 9.84 Å². The summed E-state index contributed by atoms with van der Waals surface area (Å²) >= 11 is 0. The van der Waals surface area contributed by atoms with Gasteiger partial charge >= 0.3 is 0 Å². The number of phenolic OH excluding ortho intramolecular Hbond substituents is 1. The predicted octanol–water partition coefficient (Wildman–Crippen LogP) is 4.74. The molecule has 2 aromatic rings. The molecule has 20 heavy (non-hydrogen) atoms. The Bertz CT molecular complexity index is 592. The van der Waals surface area contributed by atoms with Gasteiger partial charge in [-0.25, -0.2) is 0 Å². The number of aromatic hydroxyl groups is 1. The molecule has 0 aliphatic heterocycles. The van der Waals surface area contributed by atoms with Gasteiger partial charge in [0, 0.05) is 0 Å². The number of hydrogen-bond acceptors (Lipinski definition) is 2. The number of ether oxygens (including phenoxy) is 1. The molecule has 0 amide bonds. The molecule has 2 heteroatoms. The maximum Gasteiger partial charge on any atom is 0.118 e. The molecule has 0 spiro atoms. The van der Waals surface area contributed by atoms with Crippen LogP contribution in [-0.2, 0) is 0 Å². The standard InChI is InChI=1S/C18H20O2/c1-4-18(15-7-11-17(20-3)12-8-15)13(2)14-5-9-16(19)10-6-14/h5-12,19H,4H2,1-3H3/b18-13+. The van der Waals surface area contributed by atoms with Crippen molar-refractivity contribution in [3.63, 3.8) is 0 Å². The lowest BCUT2D eigenvalue weighted by atomic mass is 9.94. The van der Waals surface area contributed by atoms with E-state index in [-0.39, 0.29) is 0 Å². The molecule has 0 saturated heterocycles. The van der Waals surface area contributed by atoms with Crippen molar-refractivity contribution in [1.29, 1.82) is 0 Å². The van der Waals surface area contributed by atoms with Crippen molar-refractivity contribution in [2.75, 3.05) is 7.11 Å². The molecular formula is C18H20O2. The highest BCUT2D eigenvalue weighted by molar-refractivity contribution is 5.89. The molecule has 0 aliphatic carbocycles. The SMILES string of the molecule is CC/C(=C(/C)c1ccc(O)cc1)c1ccc(OC)cc1. The molecule has 2 nitrogen and oxygen atoms in total. The minimum absolute atomic E-state index is 0.295. The summed E-state index contributed by atoms with van der Waals surface area (Å²) in [5.74, 6) is 1.16. The lowest BCUT2D eigenvalue weighted by Crippen LogP contribution is -1.90. The minimum Gasteiger partial charge on any atom is -0.508 e. The second-order valence-electron chi connectivity index (χ2n) is 4.73. The zero-order chi connectivity index (χ0) is 14.5. The second kappa shape index (κ2) is 6.29. The largest absolute Gasteiger partial charge is 0.508 e. The summed E-state index contributed by atoms with van der Waals surface area (Å²) in [7, 11) is 1.67. The average molecular weight is 268 g/mol. The Hall–Kier alpha value is -2.22. The quantitative estimate of drug-likeness (QED) is 0.811. The van der Waals surface area contributed by atoms with Crippen LogP contribution in [0, 0.1) is 0 Å². The topological polar surface area (TPSA) is 29.5 Å². The van der Waals surface area contributed by atoms with Gasteiger partial charge in [0.15, 0.2) is 0 Å². The van der Waals surface area contributed by atoms with Crippen molar-refractivity contribution >= 4 is 11.1 Å². The van der Waals surface area contributed by atoms with E-state index in [1.165, 1.54) is 16.7 Å². The molecule has 0 saturated carbocycles. The van der Waals surface area contributed by atoms with E-state index in [9.17, 15) is 5.11 Å². The van der Waals surface area contributed by atoms with E-state index < -0.39 is 0 Å². The summed E-state index contributed by atoms with van der Waals surface area (Å²) in [5, 5.41) is 9.38. The highest BCUT2D eigenvalue weighted by Crippen LogP contribution is 2.30. The third-order valence-corrected chi connectivity index (χ3v) is 3.55.